The molecule has 4 heteroatoms. The van der Waals surface area contributed by atoms with Gasteiger partial charge >= 0.3 is 0 Å². The van der Waals surface area contributed by atoms with E-state index >= 15 is 0 Å². The first kappa shape index (κ1) is 12.3. The normalized spacial score (nSPS) is 20.9. The number of hydrogen-bond acceptors (Lipinski definition) is 3. The molecule has 0 saturated carbocycles. The Morgan fingerprint density at radius 3 is 3.00 bits per heavy atom. The molecule has 2 nitrogen and oxygen atoms in total. The summed E-state index contributed by atoms with van der Waals surface area (Å²) in [4.78, 5) is 1.24. The number of halogens is 1. The van der Waals surface area contributed by atoms with E-state index in [-0.39, 0.29) is 0 Å². The van der Waals surface area contributed by atoms with Gasteiger partial charge in [-0.15, -0.1) is 11.8 Å². The molecule has 0 aliphatic carbocycles. The highest BCUT2D eigenvalue weighted by Gasteiger charge is 2.14. The second kappa shape index (κ2) is 5.94. The third-order valence-electron chi connectivity index (χ3n) is 2.65. The molecule has 1 unspecified atom stereocenters. The Hall–Kier alpha value is -0.190. The van der Waals surface area contributed by atoms with Crippen LogP contribution in [0.25, 0.3) is 0 Å². The lowest BCUT2D eigenvalue weighted by Gasteiger charge is -2.22. The molecule has 1 aromatic rings. The van der Waals surface area contributed by atoms with Crippen molar-refractivity contribution in [3.8, 4) is 0 Å². The van der Waals surface area contributed by atoms with Crippen LogP contribution in [-0.4, -0.2) is 18.5 Å². The molecule has 1 aromatic carbocycles. The lowest BCUT2D eigenvalue weighted by atomic mass is 10.1. The molecule has 0 bridgehead atoms. The summed E-state index contributed by atoms with van der Waals surface area (Å²) in [6.07, 6.45) is 4.13. The predicted molar refractivity (Wildman–Crippen MR) is 72.9 cm³/mol. The predicted octanol–water partition coefficient (Wildman–Crippen LogP) is 3.69. The largest absolute Gasteiger partial charge is 0.399 e. The summed E-state index contributed by atoms with van der Waals surface area (Å²) in [6.45, 7) is 0.925. The summed E-state index contributed by atoms with van der Waals surface area (Å²) >= 11 is 5.37. The van der Waals surface area contributed by atoms with Gasteiger partial charge in [0.2, 0.25) is 0 Å². The van der Waals surface area contributed by atoms with Crippen LogP contribution >= 0.6 is 27.7 Å². The minimum atomic E-state index is 0.420. The van der Waals surface area contributed by atoms with E-state index in [1.54, 1.807) is 0 Å². The molecular weight excluding hydrogens is 286 g/mol. The standard InChI is InChI=1S/C12H16BrNOS/c13-11-7-9(14)4-5-12(11)16-8-10-3-1-2-6-15-10/h4-5,7,10H,1-3,6,8,14H2. The smallest absolute Gasteiger partial charge is 0.0669 e. The van der Waals surface area contributed by atoms with Crippen molar-refractivity contribution in [3.05, 3.63) is 22.7 Å². The first-order valence-corrected chi connectivity index (χ1v) is 7.33. The third-order valence-corrected chi connectivity index (χ3v) is 4.78. The van der Waals surface area contributed by atoms with E-state index in [0.29, 0.717) is 6.10 Å². The van der Waals surface area contributed by atoms with Gasteiger partial charge < -0.3 is 10.5 Å². The van der Waals surface area contributed by atoms with Gasteiger partial charge in [-0.25, -0.2) is 0 Å². The van der Waals surface area contributed by atoms with Crippen LogP contribution in [-0.2, 0) is 4.74 Å². The van der Waals surface area contributed by atoms with Crippen molar-refractivity contribution in [3.63, 3.8) is 0 Å². The Bertz CT molecular complexity index is 353. The van der Waals surface area contributed by atoms with Gasteiger partial charge in [0.05, 0.1) is 6.10 Å². The number of hydrogen-bond donors (Lipinski definition) is 1. The Balaban J connectivity index is 1.88. The number of nitrogen functional groups attached to an aromatic ring is 1. The van der Waals surface area contributed by atoms with Crippen LogP contribution in [0.2, 0.25) is 0 Å². The van der Waals surface area contributed by atoms with Crippen molar-refractivity contribution < 1.29 is 4.74 Å². The first-order valence-electron chi connectivity index (χ1n) is 5.55. The molecule has 1 aliphatic heterocycles. The minimum absolute atomic E-state index is 0.420. The van der Waals surface area contributed by atoms with Gasteiger partial charge in [-0.1, -0.05) is 0 Å². The summed E-state index contributed by atoms with van der Waals surface area (Å²) in [7, 11) is 0. The monoisotopic (exact) mass is 301 g/mol. The SMILES string of the molecule is Nc1ccc(SCC2CCCCO2)c(Br)c1. The topological polar surface area (TPSA) is 35.2 Å². The van der Waals surface area contributed by atoms with E-state index in [1.807, 2.05) is 23.9 Å². The maximum Gasteiger partial charge on any atom is 0.0669 e. The molecule has 1 fully saturated rings. The second-order valence-corrected chi connectivity index (χ2v) is 5.91. The molecule has 0 amide bonds. The van der Waals surface area contributed by atoms with Gasteiger partial charge in [-0.3, -0.25) is 0 Å². The zero-order chi connectivity index (χ0) is 11.4. The molecule has 0 radical (unpaired) electrons. The Labute approximate surface area is 109 Å². The highest BCUT2D eigenvalue weighted by molar-refractivity contribution is 9.10. The molecule has 2 N–H and O–H groups in total. The maximum atomic E-state index is 5.70. The highest BCUT2D eigenvalue weighted by Crippen LogP contribution is 2.31. The van der Waals surface area contributed by atoms with Crippen LogP contribution in [0.5, 0.6) is 0 Å². The van der Waals surface area contributed by atoms with E-state index in [0.717, 1.165) is 22.5 Å². The molecule has 1 saturated heterocycles. The van der Waals surface area contributed by atoms with Gasteiger partial charge in [0.15, 0.2) is 0 Å². The molecule has 16 heavy (non-hydrogen) atoms. The van der Waals surface area contributed by atoms with Crippen molar-refractivity contribution in [2.45, 2.75) is 30.3 Å². The number of anilines is 1. The molecular formula is C12H16BrNOS. The molecule has 0 aromatic heterocycles. The van der Waals surface area contributed by atoms with Crippen LogP contribution in [0, 0.1) is 0 Å². The Morgan fingerprint density at radius 2 is 2.31 bits per heavy atom. The summed E-state index contributed by atoms with van der Waals surface area (Å²) in [5.41, 5.74) is 6.50. The number of benzene rings is 1. The number of nitrogens with two attached hydrogens (primary N) is 1. The van der Waals surface area contributed by atoms with Gasteiger partial charge in [0.25, 0.3) is 0 Å². The van der Waals surface area contributed by atoms with E-state index in [9.17, 15) is 0 Å². The van der Waals surface area contributed by atoms with Crippen molar-refractivity contribution >= 4 is 33.4 Å². The van der Waals surface area contributed by atoms with Gasteiger partial charge in [-0.05, 0) is 53.4 Å². The van der Waals surface area contributed by atoms with Crippen LogP contribution in [0.4, 0.5) is 5.69 Å². The van der Waals surface area contributed by atoms with E-state index in [2.05, 4.69) is 22.0 Å². The van der Waals surface area contributed by atoms with Crippen molar-refractivity contribution in [1.82, 2.24) is 0 Å². The van der Waals surface area contributed by atoms with Gasteiger partial charge in [0.1, 0.15) is 0 Å². The van der Waals surface area contributed by atoms with Gasteiger partial charge in [-0.2, -0.15) is 0 Å². The molecule has 1 aliphatic rings. The zero-order valence-electron chi connectivity index (χ0n) is 9.12. The van der Waals surface area contributed by atoms with Crippen LogP contribution in [0.1, 0.15) is 19.3 Å². The second-order valence-electron chi connectivity index (χ2n) is 3.99. The van der Waals surface area contributed by atoms with Crippen molar-refractivity contribution in [2.75, 3.05) is 18.1 Å². The first-order chi connectivity index (χ1) is 7.75. The van der Waals surface area contributed by atoms with Crippen molar-refractivity contribution in [2.24, 2.45) is 0 Å². The molecule has 1 heterocycles. The number of ether oxygens (including phenoxy) is 1. The molecule has 0 spiro atoms. The number of thioether (sulfide) groups is 1. The zero-order valence-corrected chi connectivity index (χ0v) is 11.5. The Morgan fingerprint density at radius 1 is 1.44 bits per heavy atom. The molecule has 2 rings (SSSR count). The highest BCUT2D eigenvalue weighted by atomic mass is 79.9. The lowest BCUT2D eigenvalue weighted by molar-refractivity contribution is 0.0315. The molecule has 88 valence electrons. The fraction of sp³-hybridized carbons (Fsp3) is 0.500. The van der Waals surface area contributed by atoms with Gasteiger partial charge in [0, 0.05) is 27.4 Å². The maximum absolute atomic E-state index is 5.70. The summed E-state index contributed by atoms with van der Waals surface area (Å²) in [5, 5.41) is 0. The van der Waals surface area contributed by atoms with E-state index in [1.165, 1.54) is 24.2 Å². The lowest BCUT2D eigenvalue weighted by Crippen LogP contribution is -2.21. The summed E-state index contributed by atoms with van der Waals surface area (Å²) < 4.78 is 6.78. The van der Waals surface area contributed by atoms with Crippen LogP contribution in [0.3, 0.4) is 0 Å². The quantitative estimate of drug-likeness (QED) is 0.683. The van der Waals surface area contributed by atoms with Crippen molar-refractivity contribution in [1.29, 1.82) is 0 Å². The summed E-state index contributed by atoms with van der Waals surface area (Å²) in [5.74, 6) is 1.03. The van der Waals surface area contributed by atoms with E-state index in [4.69, 9.17) is 10.5 Å². The number of rotatable bonds is 3. The fourth-order valence-electron chi connectivity index (χ4n) is 1.76. The fourth-order valence-corrected chi connectivity index (χ4v) is 3.49. The van der Waals surface area contributed by atoms with Crippen LogP contribution in [0.15, 0.2) is 27.6 Å². The third kappa shape index (κ3) is 3.40. The average molecular weight is 302 g/mol. The van der Waals surface area contributed by atoms with E-state index < -0.39 is 0 Å². The molecule has 1 atom stereocenters. The van der Waals surface area contributed by atoms with Crippen LogP contribution < -0.4 is 5.73 Å². The Kier molecular flexibility index (Phi) is 4.55. The summed E-state index contributed by atoms with van der Waals surface area (Å²) in [6, 6.07) is 5.95. The average Bonchev–Trinajstić information content (AvgIpc) is 2.29. The minimum Gasteiger partial charge on any atom is -0.399 e.